The molecule has 0 aliphatic rings. The van der Waals surface area contributed by atoms with Gasteiger partial charge in [-0.05, 0) is 19.9 Å². The average molecular weight is 269 g/mol. The number of likely N-dealkylation sites (N-methyl/N-ethyl adjacent to an activating group) is 1. The van der Waals surface area contributed by atoms with Gasteiger partial charge in [0.1, 0.15) is 11.6 Å². The molecule has 0 saturated carbocycles. The molecule has 0 amide bonds. The van der Waals surface area contributed by atoms with Crippen LogP contribution in [0.2, 0.25) is 0 Å². The van der Waals surface area contributed by atoms with Crippen molar-refractivity contribution in [1.29, 1.82) is 5.26 Å². The van der Waals surface area contributed by atoms with Gasteiger partial charge in [0.25, 0.3) is 0 Å². The van der Waals surface area contributed by atoms with E-state index in [4.69, 9.17) is 0 Å². The van der Waals surface area contributed by atoms with E-state index in [1.807, 2.05) is 24.3 Å². The molecule has 20 heavy (non-hydrogen) atoms. The number of nitriles is 1. The molecule has 5 heteroatoms. The van der Waals surface area contributed by atoms with Crippen LogP contribution in [0.1, 0.15) is 19.4 Å². The molecule has 0 bridgehead atoms. The van der Waals surface area contributed by atoms with E-state index in [0.29, 0.717) is 11.3 Å². The van der Waals surface area contributed by atoms with Crippen molar-refractivity contribution in [3.63, 3.8) is 0 Å². The van der Waals surface area contributed by atoms with Crippen molar-refractivity contribution in [3.8, 4) is 6.07 Å². The summed E-state index contributed by atoms with van der Waals surface area (Å²) in [5, 5.41) is 19.4. The Bertz CT molecular complexity index is 717. The summed E-state index contributed by atoms with van der Waals surface area (Å²) in [4.78, 5) is 17.3. The number of carboxylic acid groups (broad SMARTS) is 1. The Kier molecular flexibility index (Phi) is 3.33. The van der Waals surface area contributed by atoms with Crippen LogP contribution >= 0.6 is 0 Å². The van der Waals surface area contributed by atoms with E-state index < -0.39 is 11.5 Å². The average Bonchev–Trinajstić information content (AvgIpc) is 2.44. The number of nitrogens with zero attached hydrogens (tertiary/aromatic N) is 3. The first kappa shape index (κ1) is 13.8. The zero-order chi connectivity index (χ0) is 14.9. The van der Waals surface area contributed by atoms with Gasteiger partial charge in [-0.15, -0.1) is 0 Å². The molecule has 0 saturated heterocycles. The Morgan fingerprint density at radius 2 is 2.05 bits per heavy atom. The van der Waals surface area contributed by atoms with Crippen LogP contribution in [0.25, 0.3) is 10.9 Å². The summed E-state index contributed by atoms with van der Waals surface area (Å²) in [7, 11) is 1.68. The van der Waals surface area contributed by atoms with Crippen LogP contribution in [0.15, 0.2) is 30.5 Å². The SMILES string of the molecule is CN(c1c(C#N)cnc2ccccc12)C(C)(C)C(=O)O. The molecular weight excluding hydrogens is 254 g/mol. The van der Waals surface area contributed by atoms with E-state index in [1.165, 1.54) is 6.20 Å². The molecule has 0 aliphatic carbocycles. The molecule has 1 aromatic carbocycles. The highest BCUT2D eigenvalue weighted by Crippen LogP contribution is 2.32. The zero-order valence-electron chi connectivity index (χ0n) is 11.6. The van der Waals surface area contributed by atoms with Crippen molar-refractivity contribution < 1.29 is 9.90 Å². The third kappa shape index (κ3) is 2.05. The summed E-state index contributed by atoms with van der Waals surface area (Å²) in [6.45, 7) is 3.21. The predicted octanol–water partition coefficient (Wildman–Crippen LogP) is 2.41. The molecule has 0 fully saturated rings. The Balaban J connectivity index is 2.75. The second kappa shape index (κ2) is 4.82. The molecule has 2 aromatic rings. The van der Waals surface area contributed by atoms with Crippen LogP contribution in [-0.4, -0.2) is 28.6 Å². The molecule has 102 valence electrons. The maximum Gasteiger partial charge on any atom is 0.328 e. The van der Waals surface area contributed by atoms with E-state index in [0.717, 1.165) is 10.9 Å². The monoisotopic (exact) mass is 269 g/mol. The lowest BCUT2D eigenvalue weighted by Gasteiger charge is -2.34. The summed E-state index contributed by atoms with van der Waals surface area (Å²) in [6.07, 6.45) is 1.48. The molecule has 5 nitrogen and oxygen atoms in total. The molecule has 1 heterocycles. The number of para-hydroxylation sites is 1. The molecule has 0 unspecified atom stereocenters. The van der Waals surface area contributed by atoms with E-state index in [2.05, 4.69) is 11.1 Å². The fourth-order valence-electron chi connectivity index (χ4n) is 1.99. The minimum absolute atomic E-state index is 0.362. The topological polar surface area (TPSA) is 77.2 Å². The van der Waals surface area contributed by atoms with Gasteiger partial charge in [-0.2, -0.15) is 5.26 Å². The summed E-state index contributed by atoms with van der Waals surface area (Å²) < 4.78 is 0. The first-order valence-corrected chi connectivity index (χ1v) is 6.14. The van der Waals surface area contributed by atoms with Gasteiger partial charge in [0.05, 0.1) is 16.8 Å². The molecular formula is C15H15N3O2. The first-order chi connectivity index (χ1) is 9.39. The van der Waals surface area contributed by atoms with Crippen molar-refractivity contribution >= 4 is 22.6 Å². The van der Waals surface area contributed by atoms with Crippen molar-refractivity contribution in [1.82, 2.24) is 4.98 Å². The van der Waals surface area contributed by atoms with E-state index in [9.17, 15) is 15.2 Å². The van der Waals surface area contributed by atoms with Gasteiger partial charge in [0.2, 0.25) is 0 Å². The Labute approximate surface area is 117 Å². The maximum atomic E-state index is 11.4. The lowest BCUT2D eigenvalue weighted by molar-refractivity contribution is -0.142. The van der Waals surface area contributed by atoms with Crippen molar-refractivity contribution in [2.24, 2.45) is 0 Å². The lowest BCUT2D eigenvalue weighted by atomic mass is 10.00. The highest BCUT2D eigenvalue weighted by molar-refractivity contribution is 5.97. The highest BCUT2D eigenvalue weighted by Gasteiger charge is 2.34. The number of benzene rings is 1. The number of aromatic nitrogens is 1. The van der Waals surface area contributed by atoms with Crippen LogP contribution in [-0.2, 0) is 4.79 Å². The number of hydrogen-bond donors (Lipinski definition) is 1. The van der Waals surface area contributed by atoms with Crippen molar-refractivity contribution in [2.75, 3.05) is 11.9 Å². The summed E-state index contributed by atoms with van der Waals surface area (Å²) >= 11 is 0. The minimum Gasteiger partial charge on any atom is -0.480 e. The van der Waals surface area contributed by atoms with Gasteiger partial charge in [0.15, 0.2) is 0 Å². The standard InChI is InChI=1S/C15H15N3O2/c1-15(2,14(19)20)18(3)13-10(8-16)9-17-12-7-5-4-6-11(12)13/h4-7,9H,1-3H3,(H,19,20). The Morgan fingerprint density at radius 1 is 1.40 bits per heavy atom. The van der Waals surface area contributed by atoms with Crippen molar-refractivity contribution in [3.05, 3.63) is 36.0 Å². The predicted molar refractivity (Wildman–Crippen MR) is 76.6 cm³/mol. The second-order valence-electron chi connectivity index (χ2n) is 5.07. The van der Waals surface area contributed by atoms with Gasteiger partial charge < -0.3 is 10.0 Å². The van der Waals surface area contributed by atoms with Crippen molar-refractivity contribution in [2.45, 2.75) is 19.4 Å². The van der Waals surface area contributed by atoms with Crippen LogP contribution in [0.4, 0.5) is 5.69 Å². The smallest absolute Gasteiger partial charge is 0.328 e. The number of pyridine rings is 1. The molecule has 1 N–H and O–H groups in total. The van der Waals surface area contributed by atoms with Gasteiger partial charge in [-0.25, -0.2) is 4.79 Å². The number of rotatable bonds is 3. The van der Waals surface area contributed by atoms with E-state index in [1.54, 1.807) is 25.8 Å². The van der Waals surface area contributed by atoms with Gasteiger partial charge in [0, 0.05) is 18.6 Å². The number of carboxylic acids is 1. The lowest BCUT2D eigenvalue weighted by Crippen LogP contribution is -2.48. The third-order valence-corrected chi connectivity index (χ3v) is 3.56. The van der Waals surface area contributed by atoms with Crippen LogP contribution < -0.4 is 4.90 Å². The molecule has 0 aliphatic heterocycles. The summed E-state index contributed by atoms with van der Waals surface area (Å²) in [5.74, 6) is -0.954. The number of anilines is 1. The molecule has 2 rings (SSSR count). The largest absolute Gasteiger partial charge is 0.480 e. The zero-order valence-corrected chi connectivity index (χ0v) is 11.6. The maximum absolute atomic E-state index is 11.4. The van der Waals surface area contributed by atoms with Gasteiger partial charge in [-0.3, -0.25) is 4.98 Å². The Morgan fingerprint density at radius 3 is 2.65 bits per heavy atom. The number of hydrogen-bond acceptors (Lipinski definition) is 4. The third-order valence-electron chi connectivity index (χ3n) is 3.56. The number of carbonyl (C=O) groups is 1. The Hall–Kier alpha value is -2.61. The second-order valence-corrected chi connectivity index (χ2v) is 5.07. The van der Waals surface area contributed by atoms with E-state index >= 15 is 0 Å². The fourth-order valence-corrected chi connectivity index (χ4v) is 1.99. The molecule has 0 radical (unpaired) electrons. The fraction of sp³-hybridized carbons (Fsp3) is 0.267. The van der Waals surface area contributed by atoms with Gasteiger partial charge >= 0.3 is 5.97 Å². The van der Waals surface area contributed by atoms with Crippen LogP contribution in [0.5, 0.6) is 0 Å². The quantitative estimate of drug-likeness (QED) is 0.925. The molecule has 0 atom stereocenters. The normalized spacial score (nSPS) is 11.1. The highest BCUT2D eigenvalue weighted by atomic mass is 16.4. The summed E-state index contributed by atoms with van der Waals surface area (Å²) in [5.41, 5.74) is 0.552. The van der Waals surface area contributed by atoms with Crippen LogP contribution in [0, 0.1) is 11.3 Å². The minimum atomic E-state index is -1.13. The van der Waals surface area contributed by atoms with E-state index in [-0.39, 0.29) is 0 Å². The molecule has 1 aromatic heterocycles. The number of aliphatic carboxylic acids is 1. The number of fused-ring (bicyclic) bond motifs is 1. The first-order valence-electron chi connectivity index (χ1n) is 6.14. The summed E-state index contributed by atoms with van der Waals surface area (Å²) in [6, 6.07) is 9.46. The molecule has 0 spiro atoms. The van der Waals surface area contributed by atoms with Crippen LogP contribution in [0.3, 0.4) is 0 Å². The van der Waals surface area contributed by atoms with Gasteiger partial charge in [-0.1, -0.05) is 18.2 Å².